The lowest BCUT2D eigenvalue weighted by atomic mass is 10.2. The Balaban J connectivity index is 2.21. The highest BCUT2D eigenvalue weighted by Crippen LogP contribution is 2.22. The van der Waals surface area contributed by atoms with E-state index in [1.807, 2.05) is 0 Å². The van der Waals surface area contributed by atoms with Crippen LogP contribution in [0.3, 0.4) is 0 Å². The molecular formula is C13H17BrF2O3. The molecule has 1 aromatic carbocycles. The van der Waals surface area contributed by atoms with Gasteiger partial charge in [0, 0.05) is 20.3 Å². The number of ether oxygens (including phenoxy) is 3. The van der Waals surface area contributed by atoms with E-state index in [1.165, 1.54) is 12.1 Å². The number of methoxy groups -OCH3 is 1. The molecule has 0 bridgehead atoms. The van der Waals surface area contributed by atoms with Crippen molar-refractivity contribution in [3.8, 4) is 0 Å². The molecule has 19 heavy (non-hydrogen) atoms. The number of rotatable bonds is 9. The Morgan fingerprint density at radius 3 is 2.53 bits per heavy atom. The highest BCUT2D eigenvalue weighted by Gasteiger charge is 2.12. The Labute approximate surface area is 120 Å². The van der Waals surface area contributed by atoms with Crippen molar-refractivity contribution >= 4 is 15.9 Å². The number of benzene rings is 1. The molecule has 0 aliphatic rings. The lowest BCUT2D eigenvalue weighted by molar-refractivity contribution is 0.0320. The zero-order chi connectivity index (χ0) is 14.1. The van der Waals surface area contributed by atoms with Crippen molar-refractivity contribution in [2.45, 2.75) is 13.0 Å². The maximum absolute atomic E-state index is 13.6. The van der Waals surface area contributed by atoms with Gasteiger partial charge in [-0.1, -0.05) is 0 Å². The van der Waals surface area contributed by atoms with E-state index < -0.39 is 11.6 Å². The molecule has 6 heteroatoms. The summed E-state index contributed by atoms with van der Waals surface area (Å²) in [5.41, 5.74) is -0.0752. The first-order valence-corrected chi connectivity index (χ1v) is 6.73. The second kappa shape index (κ2) is 9.36. The van der Waals surface area contributed by atoms with Gasteiger partial charge in [0.25, 0.3) is 0 Å². The van der Waals surface area contributed by atoms with Gasteiger partial charge in [0.05, 0.1) is 29.9 Å². The van der Waals surface area contributed by atoms with Crippen molar-refractivity contribution in [3.63, 3.8) is 0 Å². The second-order valence-electron chi connectivity index (χ2n) is 3.83. The minimum absolute atomic E-state index is 0.0752. The van der Waals surface area contributed by atoms with Crippen LogP contribution < -0.4 is 0 Å². The largest absolute Gasteiger partial charge is 0.385 e. The molecule has 1 rings (SSSR count). The molecule has 0 aliphatic heterocycles. The van der Waals surface area contributed by atoms with Crippen LogP contribution in [0.15, 0.2) is 16.6 Å². The highest BCUT2D eigenvalue weighted by molar-refractivity contribution is 9.10. The minimum Gasteiger partial charge on any atom is -0.385 e. The van der Waals surface area contributed by atoms with Crippen LogP contribution in [0.25, 0.3) is 0 Å². The van der Waals surface area contributed by atoms with Gasteiger partial charge in [-0.25, -0.2) is 8.78 Å². The van der Waals surface area contributed by atoms with Crippen LogP contribution in [-0.4, -0.2) is 33.5 Å². The molecule has 0 amide bonds. The quantitative estimate of drug-likeness (QED) is 0.510. The van der Waals surface area contributed by atoms with Crippen LogP contribution in [0.4, 0.5) is 8.78 Å². The molecular weight excluding hydrogens is 322 g/mol. The first-order valence-electron chi connectivity index (χ1n) is 5.93. The second-order valence-corrected chi connectivity index (χ2v) is 4.69. The zero-order valence-corrected chi connectivity index (χ0v) is 12.3. The number of hydrogen-bond acceptors (Lipinski definition) is 3. The SMILES string of the molecule is COCCCOCCOCc1c(F)ccc(Br)c1F. The van der Waals surface area contributed by atoms with E-state index in [2.05, 4.69) is 15.9 Å². The Morgan fingerprint density at radius 2 is 1.79 bits per heavy atom. The topological polar surface area (TPSA) is 27.7 Å². The summed E-state index contributed by atoms with van der Waals surface area (Å²) in [6.07, 6.45) is 0.811. The highest BCUT2D eigenvalue weighted by atomic mass is 79.9. The fourth-order valence-corrected chi connectivity index (χ4v) is 1.77. The normalized spacial score (nSPS) is 10.9. The van der Waals surface area contributed by atoms with E-state index in [4.69, 9.17) is 14.2 Å². The van der Waals surface area contributed by atoms with Gasteiger partial charge >= 0.3 is 0 Å². The molecule has 0 atom stereocenters. The molecule has 0 saturated heterocycles. The maximum atomic E-state index is 13.6. The summed E-state index contributed by atoms with van der Waals surface area (Å²) in [5.74, 6) is -1.23. The van der Waals surface area contributed by atoms with Gasteiger partial charge in [0.1, 0.15) is 11.6 Å². The average molecular weight is 339 g/mol. The molecule has 3 nitrogen and oxygen atoms in total. The summed E-state index contributed by atoms with van der Waals surface area (Å²) in [5, 5.41) is 0. The molecule has 0 saturated carbocycles. The minimum atomic E-state index is -0.624. The van der Waals surface area contributed by atoms with Gasteiger partial charge < -0.3 is 14.2 Å². The summed E-state index contributed by atoms with van der Waals surface area (Å²) in [6, 6.07) is 2.53. The Bertz CT molecular complexity index is 388. The molecule has 0 aromatic heterocycles. The summed E-state index contributed by atoms with van der Waals surface area (Å²) < 4.78 is 42.5. The zero-order valence-electron chi connectivity index (χ0n) is 10.8. The van der Waals surface area contributed by atoms with Crippen LogP contribution >= 0.6 is 15.9 Å². The average Bonchev–Trinajstić information content (AvgIpc) is 2.40. The molecule has 108 valence electrons. The maximum Gasteiger partial charge on any atom is 0.145 e. The third-order valence-corrected chi connectivity index (χ3v) is 3.01. The monoisotopic (exact) mass is 338 g/mol. The standard InChI is InChI=1S/C13H17BrF2O3/c1-17-5-2-6-18-7-8-19-9-10-12(15)4-3-11(14)13(10)16/h3-4H,2,5-9H2,1H3. The van der Waals surface area contributed by atoms with Crippen LogP contribution in [0.5, 0.6) is 0 Å². The molecule has 0 N–H and O–H groups in total. The smallest absolute Gasteiger partial charge is 0.145 e. The Kier molecular flexibility index (Phi) is 8.13. The number of halogens is 3. The van der Waals surface area contributed by atoms with E-state index >= 15 is 0 Å². The van der Waals surface area contributed by atoms with Crippen molar-refractivity contribution in [2.24, 2.45) is 0 Å². The third kappa shape index (κ3) is 5.95. The van der Waals surface area contributed by atoms with Crippen LogP contribution in [-0.2, 0) is 20.8 Å². The van der Waals surface area contributed by atoms with E-state index in [0.29, 0.717) is 26.4 Å². The summed E-state index contributed by atoms with van der Waals surface area (Å²) in [7, 11) is 1.63. The van der Waals surface area contributed by atoms with Gasteiger partial charge in [-0.15, -0.1) is 0 Å². The van der Waals surface area contributed by atoms with E-state index in [-0.39, 0.29) is 16.6 Å². The first kappa shape index (κ1) is 16.5. The van der Waals surface area contributed by atoms with E-state index in [9.17, 15) is 8.78 Å². The Morgan fingerprint density at radius 1 is 1.05 bits per heavy atom. The molecule has 1 aromatic rings. The molecule has 0 unspecified atom stereocenters. The fourth-order valence-electron chi connectivity index (χ4n) is 1.40. The molecule has 0 heterocycles. The molecule has 0 fully saturated rings. The number of hydrogen-bond donors (Lipinski definition) is 0. The molecule has 0 spiro atoms. The van der Waals surface area contributed by atoms with E-state index in [1.54, 1.807) is 7.11 Å². The van der Waals surface area contributed by atoms with Gasteiger partial charge in [-0.2, -0.15) is 0 Å². The predicted octanol–water partition coefficient (Wildman–Crippen LogP) is 3.30. The lowest BCUT2D eigenvalue weighted by Gasteiger charge is -2.08. The fraction of sp³-hybridized carbons (Fsp3) is 0.538. The van der Waals surface area contributed by atoms with Gasteiger partial charge in [-0.05, 0) is 34.5 Å². The van der Waals surface area contributed by atoms with Gasteiger partial charge in [0.2, 0.25) is 0 Å². The van der Waals surface area contributed by atoms with Crippen molar-refractivity contribution in [2.75, 3.05) is 33.5 Å². The first-order chi connectivity index (χ1) is 9.16. The van der Waals surface area contributed by atoms with Crippen molar-refractivity contribution in [1.82, 2.24) is 0 Å². The van der Waals surface area contributed by atoms with E-state index in [0.717, 1.165) is 6.42 Å². The third-order valence-electron chi connectivity index (χ3n) is 2.39. The van der Waals surface area contributed by atoms with Crippen molar-refractivity contribution in [1.29, 1.82) is 0 Å². The van der Waals surface area contributed by atoms with Crippen LogP contribution in [0.2, 0.25) is 0 Å². The predicted molar refractivity (Wildman–Crippen MR) is 71.0 cm³/mol. The summed E-state index contributed by atoms with van der Waals surface area (Å²) in [6.45, 7) is 1.80. The van der Waals surface area contributed by atoms with Crippen LogP contribution in [0.1, 0.15) is 12.0 Å². The molecule has 0 radical (unpaired) electrons. The lowest BCUT2D eigenvalue weighted by Crippen LogP contribution is -2.08. The Hall–Kier alpha value is -0.560. The molecule has 0 aliphatic carbocycles. The van der Waals surface area contributed by atoms with Gasteiger partial charge in [-0.3, -0.25) is 0 Å². The van der Waals surface area contributed by atoms with Crippen molar-refractivity contribution < 1.29 is 23.0 Å². The summed E-state index contributed by atoms with van der Waals surface area (Å²) in [4.78, 5) is 0. The van der Waals surface area contributed by atoms with Gasteiger partial charge in [0.15, 0.2) is 0 Å². The van der Waals surface area contributed by atoms with Crippen LogP contribution in [0, 0.1) is 11.6 Å². The summed E-state index contributed by atoms with van der Waals surface area (Å²) >= 11 is 3.00. The van der Waals surface area contributed by atoms with Crippen molar-refractivity contribution in [3.05, 3.63) is 33.8 Å².